The fraction of sp³-hybridized carbons (Fsp3) is 1.00. The lowest BCUT2D eigenvalue weighted by atomic mass is 9.96. The van der Waals surface area contributed by atoms with Crippen LogP contribution in [0.5, 0.6) is 0 Å². The first-order chi connectivity index (χ1) is 8.58. The Labute approximate surface area is 110 Å². The van der Waals surface area contributed by atoms with Crippen molar-refractivity contribution in [1.29, 1.82) is 0 Å². The number of nitrogens with zero attached hydrogens (tertiary/aromatic N) is 1. The molecule has 2 saturated heterocycles. The van der Waals surface area contributed by atoms with E-state index in [1.165, 1.54) is 0 Å². The Balaban J connectivity index is 1.79. The van der Waals surface area contributed by atoms with Crippen LogP contribution in [0.2, 0.25) is 0 Å². The van der Waals surface area contributed by atoms with Crippen LogP contribution in [0.3, 0.4) is 0 Å². The molecule has 2 heterocycles. The van der Waals surface area contributed by atoms with Crippen molar-refractivity contribution in [3.63, 3.8) is 0 Å². The molecule has 6 heteroatoms. The van der Waals surface area contributed by atoms with Gasteiger partial charge in [-0.15, -0.1) is 0 Å². The van der Waals surface area contributed by atoms with Crippen LogP contribution >= 0.6 is 0 Å². The number of sulfonamides is 1. The molecule has 2 fully saturated rings. The maximum absolute atomic E-state index is 12.2. The van der Waals surface area contributed by atoms with Crippen molar-refractivity contribution < 1.29 is 13.5 Å². The van der Waals surface area contributed by atoms with E-state index in [-0.39, 0.29) is 11.9 Å². The van der Waals surface area contributed by atoms with E-state index < -0.39 is 10.0 Å². The highest BCUT2D eigenvalue weighted by Gasteiger charge is 2.27. The van der Waals surface area contributed by atoms with Gasteiger partial charge in [0.15, 0.2) is 0 Å². The normalized spacial score (nSPS) is 25.4. The summed E-state index contributed by atoms with van der Waals surface area (Å²) in [6, 6.07) is 0. The largest absolute Gasteiger partial charge is 0.393 e. The summed E-state index contributed by atoms with van der Waals surface area (Å²) in [6.07, 6.45) is 3.80. The van der Waals surface area contributed by atoms with Crippen molar-refractivity contribution in [3.05, 3.63) is 0 Å². The third-order valence-electron chi connectivity index (χ3n) is 4.06. The van der Waals surface area contributed by atoms with Gasteiger partial charge in [-0.2, -0.15) is 0 Å². The number of aliphatic hydroxyl groups excluding tert-OH is 1. The molecular formula is C12H24N2O3S. The Morgan fingerprint density at radius 2 is 1.72 bits per heavy atom. The Morgan fingerprint density at radius 1 is 1.11 bits per heavy atom. The first-order valence-corrected chi connectivity index (χ1v) is 8.55. The zero-order valence-electron chi connectivity index (χ0n) is 10.8. The van der Waals surface area contributed by atoms with Crippen LogP contribution in [0.1, 0.15) is 32.1 Å². The highest BCUT2D eigenvalue weighted by Crippen LogP contribution is 2.20. The molecular weight excluding hydrogens is 252 g/mol. The Bertz CT molecular complexity index is 344. The van der Waals surface area contributed by atoms with Gasteiger partial charge in [-0.1, -0.05) is 0 Å². The van der Waals surface area contributed by atoms with Crippen molar-refractivity contribution >= 4 is 10.0 Å². The summed E-state index contributed by atoms with van der Waals surface area (Å²) in [5.74, 6) is 0.824. The van der Waals surface area contributed by atoms with Gasteiger partial charge in [-0.3, -0.25) is 0 Å². The standard InChI is InChI=1S/C12H24N2O3S/c15-12-3-8-14(9-4-12)18(16,17)10-5-11-1-6-13-7-2-11/h11-13,15H,1-10H2. The summed E-state index contributed by atoms with van der Waals surface area (Å²) in [5, 5.41) is 12.7. The van der Waals surface area contributed by atoms with Crippen molar-refractivity contribution in [3.8, 4) is 0 Å². The second kappa shape index (κ2) is 6.32. The number of aliphatic hydroxyl groups is 1. The quantitative estimate of drug-likeness (QED) is 0.767. The van der Waals surface area contributed by atoms with Gasteiger partial charge in [0.05, 0.1) is 11.9 Å². The molecule has 0 aliphatic carbocycles. The van der Waals surface area contributed by atoms with Crippen LogP contribution in [0.4, 0.5) is 0 Å². The Morgan fingerprint density at radius 3 is 2.33 bits per heavy atom. The van der Waals surface area contributed by atoms with Crippen molar-refractivity contribution in [2.24, 2.45) is 5.92 Å². The number of hydrogen-bond acceptors (Lipinski definition) is 4. The summed E-state index contributed by atoms with van der Waals surface area (Å²) in [5.41, 5.74) is 0. The summed E-state index contributed by atoms with van der Waals surface area (Å²) in [6.45, 7) is 2.99. The lowest BCUT2D eigenvalue weighted by Crippen LogP contribution is -2.41. The minimum absolute atomic E-state index is 0.272. The molecule has 0 aromatic heterocycles. The van der Waals surface area contributed by atoms with E-state index >= 15 is 0 Å². The topological polar surface area (TPSA) is 69.6 Å². The molecule has 2 rings (SSSR count). The van der Waals surface area contributed by atoms with Crippen molar-refractivity contribution in [2.75, 3.05) is 31.9 Å². The van der Waals surface area contributed by atoms with Gasteiger partial charge in [0.2, 0.25) is 10.0 Å². The molecule has 0 saturated carbocycles. The van der Waals surface area contributed by atoms with E-state index in [1.807, 2.05) is 0 Å². The van der Waals surface area contributed by atoms with Gasteiger partial charge in [0.25, 0.3) is 0 Å². The van der Waals surface area contributed by atoms with E-state index in [0.29, 0.717) is 31.8 Å². The lowest BCUT2D eigenvalue weighted by molar-refractivity contribution is 0.113. The van der Waals surface area contributed by atoms with E-state index in [9.17, 15) is 13.5 Å². The first kappa shape index (κ1) is 14.2. The molecule has 0 amide bonds. The molecule has 0 aromatic carbocycles. The van der Waals surface area contributed by atoms with E-state index in [4.69, 9.17) is 0 Å². The van der Waals surface area contributed by atoms with Gasteiger partial charge in [0, 0.05) is 13.1 Å². The minimum Gasteiger partial charge on any atom is -0.393 e. The van der Waals surface area contributed by atoms with Crippen LogP contribution in [0, 0.1) is 5.92 Å². The highest BCUT2D eigenvalue weighted by atomic mass is 32.2. The minimum atomic E-state index is -3.10. The highest BCUT2D eigenvalue weighted by molar-refractivity contribution is 7.89. The van der Waals surface area contributed by atoms with Crippen LogP contribution in [-0.4, -0.2) is 55.9 Å². The van der Waals surface area contributed by atoms with Gasteiger partial charge in [-0.25, -0.2) is 12.7 Å². The molecule has 5 nitrogen and oxygen atoms in total. The molecule has 106 valence electrons. The molecule has 0 radical (unpaired) electrons. The van der Waals surface area contributed by atoms with Crippen LogP contribution in [0.15, 0.2) is 0 Å². The van der Waals surface area contributed by atoms with Crippen LogP contribution in [0.25, 0.3) is 0 Å². The van der Waals surface area contributed by atoms with Crippen molar-refractivity contribution in [1.82, 2.24) is 9.62 Å². The summed E-state index contributed by atoms with van der Waals surface area (Å²) in [4.78, 5) is 0. The monoisotopic (exact) mass is 276 g/mol. The fourth-order valence-electron chi connectivity index (χ4n) is 2.74. The number of piperidine rings is 2. The zero-order chi connectivity index (χ0) is 13.0. The van der Waals surface area contributed by atoms with Gasteiger partial charge in [-0.05, 0) is 51.1 Å². The summed E-state index contributed by atoms with van der Waals surface area (Å²) < 4.78 is 25.9. The maximum Gasteiger partial charge on any atom is 0.214 e. The molecule has 0 aromatic rings. The van der Waals surface area contributed by atoms with E-state index in [1.54, 1.807) is 4.31 Å². The average molecular weight is 276 g/mol. The van der Waals surface area contributed by atoms with Gasteiger partial charge >= 0.3 is 0 Å². The predicted molar refractivity (Wildman–Crippen MR) is 70.8 cm³/mol. The zero-order valence-corrected chi connectivity index (χ0v) is 11.7. The molecule has 0 atom stereocenters. The maximum atomic E-state index is 12.2. The second-order valence-electron chi connectivity index (χ2n) is 5.43. The molecule has 2 aliphatic rings. The first-order valence-electron chi connectivity index (χ1n) is 6.94. The Kier molecular flexibility index (Phi) is 5.00. The molecule has 2 N–H and O–H groups in total. The molecule has 2 aliphatic heterocycles. The van der Waals surface area contributed by atoms with Gasteiger partial charge in [0.1, 0.15) is 0 Å². The number of nitrogens with one attached hydrogen (secondary N) is 1. The SMILES string of the molecule is O=S(=O)(CCC1CCNCC1)N1CCC(O)CC1. The average Bonchev–Trinajstić information content (AvgIpc) is 2.38. The van der Waals surface area contributed by atoms with E-state index in [0.717, 1.165) is 32.4 Å². The molecule has 0 bridgehead atoms. The summed E-state index contributed by atoms with van der Waals surface area (Å²) in [7, 11) is -3.10. The van der Waals surface area contributed by atoms with Gasteiger partial charge < -0.3 is 10.4 Å². The van der Waals surface area contributed by atoms with Crippen molar-refractivity contribution in [2.45, 2.75) is 38.2 Å². The summed E-state index contributed by atoms with van der Waals surface area (Å²) >= 11 is 0. The van der Waals surface area contributed by atoms with Crippen LogP contribution in [-0.2, 0) is 10.0 Å². The molecule has 0 unspecified atom stereocenters. The fourth-order valence-corrected chi connectivity index (χ4v) is 4.39. The third-order valence-corrected chi connectivity index (χ3v) is 5.96. The third kappa shape index (κ3) is 3.91. The molecule has 18 heavy (non-hydrogen) atoms. The number of rotatable bonds is 4. The van der Waals surface area contributed by atoms with Crippen LogP contribution < -0.4 is 5.32 Å². The number of hydrogen-bond donors (Lipinski definition) is 2. The second-order valence-corrected chi connectivity index (χ2v) is 7.52. The molecule has 0 spiro atoms. The van der Waals surface area contributed by atoms with E-state index in [2.05, 4.69) is 5.32 Å². The smallest absolute Gasteiger partial charge is 0.214 e. The predicted octanol–water partition coefficient (Wildman–Crippen LogP) is 0.163. The Hall–Kier alpha value is -0.170. The lowest BCUT2D eigenvalue weighted by Gasteiger charge is -2.29.